The van der Waals surface area contributed by atoms with E-state index in [2.05, 4.69) is 40.9 Å². The monoisotopic (exact) mass is 465 g/mol. The van der Waals surface area contributed by atoms with Crippen LogP contribution in [0, 0.1) is 11.3 Å². The molecule has 1 aromatic heterocycles. The number of Topliss-reactive ketones (excluding diaryl/α,β-unsaturated/α-hetero) is 1. The van der Waals surface area contributed by atoms with Crippen molar-refractivity contribution in [1.29, 1.82) is 0 Å². The number of hydrogen-bond acceptors (Lipinski definition) is 6. The van der Waals surface area contributed by atoms with Gasteiger partial charge in [-0.15, -0.1) is 0 Å². The van der Waals surface area contributed by atoms with E-state index >= 15 is 0 Å². The third kappa shape index (κ3) is 3.99. The van der Waals surface area contributed by atoms with Gasteiger partial charge in [0.05, 0.1) is 0 Å². The quantitative estimate of drug-likeness (QED) is 0.626. The summed E-state index contributed by atoms with van der Waals surface area (Å²) in [4.78, 5) is 29.6. The molecule has 6 rings (SSSR count). The van der Waals surface area contributed by atoms with Crippen LogP contribution in [0.5, 0.6) is 0 Å². The summed E-state index contributed by atoms with van der Waals surface area (Å²) in [5, 5.41) is 0. The summed E-state index contributed by atoms with van der Waals surface area (Å²) in [6.45, 7) is 11.3. The van der Waals surface area contributed by atoms with Crippen molar-refractivity contribution < 1.29 is 4.79 Å². The van der Waals surface area contributed by atoms with Crippen LogP contribution in [0.25, 0.3) is 0 Å². The van der Waals surface area contributed by atoms with Crippen molar-refractivity contribution in [2.24, 2.45) is 11.3 Å². The maximum Gasteiger partial charge on any atom is 0.225 e. The Kier molecular flexibility index (Phi) is 5.96. The van der Waals surface area contributed by atoms with Gasteiger partial charge in [0.2, 0.25) is 5.95 Å². The fourth-order valence-electron chi connectivity index (χ4n) is 7.99. The number of nitrogens with zero attached hydrogens (tertiary/aromatic N) is 5. The van der Waals surface area contributed by atoms with Gasteiger partial charge in [-0.1, -0.05) is 6.92 Å². The summed E-state index contributed by atoms with van der Waals surface area (Å²) in [7, 11) is 0. The van der Waals surface area contributed by atoms with Gasteiger partial charge in [0.25, 0.3) is 0 Å². The Morgan fingerprint density at radius 1 is 0.971 bits per heavy atom. The maximum atomic E-state index is 11.9. The minimum atomic E-state index is 0.383. The molecule has 2 atom stereocenters. The average Bonchev–Trinajstić information content (AvgIpc) is 3.06. The van der Waals surface area contributed by atoms with E-state index in [-0.39, 0.29) is 0 Å². The van der Waals surface area contributed by atoms with Crippen LogP contribution in [0.15, 0.2) is 12.4 Å². The lowest BCUT2D eigenvalue weighted by Crippen LogP contribution is -2.58. The van der Waals surface area contributed by atoms with Crippen LogP contribution in [-0.2, 0) is 4.79 Å². The van der Waals surface area contributed by atoms with Gasteiger partial charge in [-0.25, -0.2) is 9.97 Å². The summed E-state index contributed by atoms with van der Waals surface area (Å²) in [6, 6.07) is 2.54. The minimum Gasteiger partial charge on any atom is -0.332 e. The highest BCUT2D eigenvalue weighted by Gasteiger charge is 2.55. The Morgan fingerprint density at radius 2 is 1.59 bits per heavy atom. The number of fused-ring (bicyclic) bond motifs is 2. The number of aromatic nitrogens is 2. The second-order valence-corrected chi connectivity index (χ2v) is 12.5. The van der Waals surface area contributed by atoms with Crippen molar-refractivity contribution in [3.05, 3.63) is 18.0 Å². The lowest BCUT2D eigenvalue weighted by atomic mass is 9.49. The number of anilines is 1. The minimum absolute atomic E-state index is 0.383. The van der Waals surface area contributed by atoms with Crippen molar-refractivity contribution in [2.75, 3.05) is 31.1 Å². The first-order valence-corrected chi connectivity index (χ1v) is 14.1. The zero-order valence-corrected chi connectivity index (χ0v) is 21.5. The first kappa shape index (κ1) is 22.9. The molecule has 2 unspecified atom stereocenters. The fourth-order valence-corrected chi connectivity index (χ4v) is 7.99. The first-order valence-electron chi connectivity index (χ1n) is 14.1. The van der Waals surface area contributed by atoms with Gasteiger partial charge >= 0.3 is 0 Å². The second kappa shape index (κ2) is 8.85. The van der Waals surface area contributed by atoms with Crippen molar-refractivity contribution in [2.45, 2.75) is 109 Å². The molecule has 0 aromatic carbocycles. The van der Waals surface area contributed by atoms with Gasteiger partial charge in [-0.3, -0.25) is 9.69 Å². The molecule has 5 aliphatic rings. The molecule has 3 saturated heterocycles. The first-order chi connectivity index (χ1) is 16.4. The van der Waals surface area contributed by atoms with E-state index in [0.717, 1.165) is 31.5 Å². The van der Waals surface area contributed by atoms with E-state index < -0.39 is 0 Å². The molecule has 2 bridgehead atoms. The summed E-state index contributed by atoms with van der Waals surface area (Å²) in [6.07, 6.45) is 15.0. The van der Waals surface area contributed by atoms with Crippen LogP contribution in [-0.4, -0.2) is 75.9 Å². The molecule has 1 aromatic rings. The maximum absolute atomic E-state index is 11.9. The third-order valence-corrected chi connectivity index (χ3v) is 10.1. The topological polar surface area (TPSA) is 52.6 Å². The number of piperazine rings is 1. The highest BCUT2D eigenvalue weighted by Crippen LogP contribution is 2.60. The summed E-state index contributed by atoms with van der Waals surface area (Å²) in [5.41, 5.74) is 1.86. The van der Waals surface area contributed by atoms with Crippen LogP contribution in [0.1, 0.15) is 90.0 Å². The Bertz CT molecular complexity index is 865. The predicted octanol–water partition coefficient (Wildman–Crippen LogP) is 4.26. The molecule has 5 fully saturated rings. The van der Waals surface area contributed by atoms with Gasteiger partial charge < -0.3 is 9.80 Å². The summed E-state index contributed by atoms with van der Waals surface area (Å²) >= 11 is 0. The van der Waals surface area contributed by atoms with Crippen LogP contribution in [0.4, 0.5) is 5.95 Å². The van der Waals surface area contributed by atoms with Gasteiger partial charge in [0.1, 0.15) is 5.78 Å². The molecule has 186 valence electrons. The smallest absolute Gasteiger partial charge is 0.225 e. The largest absolute Gasteiger partial charge is 0.332 e. The molecule has 0 radical (unpaired) electrons. The molecule has 3 aliphatic heterocycles. The Hall–Kier alpha value is -1.53. The molecule has 0 amide bonds. The van der Waals surface area contributed by atoms with E-state index in [9.17, 15) is 4.79 Å². The SMILES string of the molecule is CCC(=O)C1CC2(C1)CC(N1CCC(c3cnc(N4C5CCC4CN(C(C)C)C5)nc3)CC1)C2. The van der Waals surface area contributed by atoms with Gasteiger partial charge in [-0.2, -0.15) is 0 Å². The fraction of sp³-hybridized carbons (Fsp3) is 0.821. The van der Waals surface area contributed by atoms with Crippen molar-refractivity contribution in [3.63, 3.8) is 0 Å². The normalized spacial score (nSPS) is 36.6. The summed E-state index contributed by atoms with van der Waals surface area (Å²) in [5.74, 6) is 2.43. The van der Waals surface area contributed by atoms with Crippen LogP contribution >= 0.6 is 0 Å². The number of carbonyl (C=O) groups is 1. The molecule has 6 nitrogen and oxygen atoms in total. The highest BCUT2D eigenvalue weighted by molar-refractivity contribution is 5.81. The molecule has 2 aliphatic carbocycles. The molecule has 1 spiro atoms. The van der Waals surface area contributed by atoms with Crippen LogP contribution in [0.3, 0.4) is 0 Å². The van der Waals surface area contributed by atoms with Gasteiger partial charge in [0, 0.05) is 62.0 Å². The van der Waals surface area contributed by atoms with Crippen molar-refractivity contribution in [3.8, 4) is 0 Å². The predicted molar refractivity (Wildman–Crippen MR) is 135 cm³/mol. The van der Waals surface area contributed by atoms with Crippen molar-refractivity contribution in [1.82, 2.24) is 19.8 Å². The molecule has 2 saturated carbocycles. The molecule has 4 heterocycles. The Morgan fingerprint density at radius 3 is 2.15 bits per heavy atom. The number of carbonyl (C=O) groups excluding carboxylic acids is 1. The van der Waals surface area contributed by atoms with Crippen LogP contribution in [0.2, 0.25) is 0 Å². The molecular formula is C28H43N5O. The molecular weight excluding hydrogens is 422 g/mol. The van der Waals surface area contributed by atoms with E-state index in [1.807, 2.05) is 6.92 Å². The molecule has 6 heteroatoms. The zero-order valence-electron chi connectivity index (χ0n) is 21.5. The number of rotatable bonds is 6. The van der Waals surface area contributed by atoms with Crippen LogP contribution < -0.4 is 4.90 Å². The van der Waals surface area contributed by atoms with E-state index in [1.165, 1.54) is 70.0 Å². The molecule has 34 heavy (non-hydrogen) atoms. The Balaban J connectivity index is 0.994. The number of hydrogen-bond donors (Lipinski definition) is 0. The van der Waals surface area contributed by atoms with E-state index in [0.29, 0.717) is 41.2 Å². The third-order valence-electron chi connectivity index (χ3n) is 10.1. The van der Waals surface area contributed by atoms with E-state index in [4.69, 9.17) is 9.97 Å². The van der Waals surface area contributed by atoms with Gasteiger partial charge in [-0.05, 0) is 95.2 Å². The number of ketones is 1. The Labute approximate surface area is 205 Å². The zero-order chi connectivity index (χ0) is 23.4. The van der Waals surface area contributed by atoms with E-state index in [1.54, 1.807) is 0 Å². The van der Waals surface area contributed by atoms with Crippen molar-refractivity contribution >= 4 is 11.7 Å². The second-order valence-electron chi connectivity index (χ2n) is 12.5. The number of piperidine rings is 1. The average molecular weight is 466 g/mol. The summed E-state index contributed by atoms with van der Waals surface area (Å²) < 4.78 is 0. The lowest BCUT2D eigenvalue weighted by Gasteiger charge is -2.60. The standard InChI is InChI=1S/C28H43N5O/c1-4-26(34)21-11-28(12-21)13-25(14-28)31-9-7-20(8-10-31)22-15-29-27(30-16-22)33-23-5-6-24(33)18-32(17-23)19(2)3/h15-16,19-21,23-25H,4-14,17-18H2,1-3H3. The highest BCUT2D eigenvalue weighted by atomic mass is 16.1. The molecule has 0 N–H and O–H groups in total. The lowest BCUT2D eigenvalue weighted by molar-refractivity contribution is -0.141. The van der Waals surface area contributed by atoms with Gasteiger partial charge in [0.15, 0.2) is 0 Å². The number of likely N-dealkylation sites (tertiary alicyclic amines) is 2.